The second-order valence-corrected chi connectivity index (χ2v) is 8.93. The molecule has 0 aromatic heterocycles. The van der Waals surface area contributed by atoms with Crippen molar-refractivity contribution in [3.8, 4) is 0 Å². The van der Waals surface area contributed by atoms with E-state index in [1.807, 2.05) is 0 Å². The topological polar surface area (TPSA) is 43.8 Å². The molecule has 30 heavy (non-hydrogen) atoms. The van der Waals surface area contributed by atoms with Gasteiger partial charge in [-0.25, -0.2) is 0 Å². The summed E-state index contributed by atoms with van der Waals surface area (Å²) in [6, 6.07) is 22.1. The minimum absolute atomic E-state index is 0.281. The highest BCUT2D eigenvalue weighted by atomic mass is 16.4. The van der Waals surface area contributed by atoms with Crippen LogP contribution >= 0.6 is 0 Å². The van der Waals surface area contributed by atoms with Crippen LogP contribution < -0.4 is 0 Å². The Morgan fingerprint density at radius 3 is 2.10 bits per heavy atom. The van der Waals surface area contributed by atoms with Gasteiger partial charge in [-0.1, -0.05) is 60.7 Å². The lowest BCUT2D eigenvalue weighted by Gasteiger charge is -2.43. The van der Waals surface area contributed by atoms with Crippen LogP contribution in [0.2, 0.25) is 0 Å². The van der Waals surface area contributed by atoms with Crippen LogP contribution in [0.4, 0.5) is 0 Å². The van der Waals surface area contributed by atoms with E-state index in [1.54, 1.807) is 0 Å². The molecule has 2 aliphatic heterocycles. The predicted octanol–water partition coefficient (Wildman–Crippen LogP) is 4.47. The molecule has 2 saturated heterocycles. The van der Waals surface area contributed by atoms with Gasteiger partial charge in [0.05, 0.1) is 0 Å². The van der Waals surface area contributed by atoms with Crippen molar-refractivity contribution in [2.45, 2.75) is 44.1 Å². The molecule has 4 rings (SSSR count). The molecule has 2 aromatic carbocycles. The number of rotatable bonds is 8. The Bertz CT molecular complexity index is 750. The summed E-state index contributed by atoms with van der Waals surface area (Å²) in [5.41, 5.74) is 2.71. The lowest BCUT2D eigenvalue weighted by molar-refractivity contribution is -0.137. The number of carboxylic acid groups (broad SMARTS) is 1. The van der Waals surface area contributed by atoms with Crippen LogP contribution in [-0.2, 0) is 4.79 Å². The second kappa shape index (κ2) is 10.2. The van der Waals surface area contributed by atoms with E-state index in [9.17, 15) is 9.90 Å². The number of benzene rings is 2. The van der Waals surface area contributed by atoms with Crippen LogP contribution in [0.3, 0.4) is 0 Å². The Morgan fingerprint density at radius 2 is 1.53 bits per heavy atom. The van der Waals surface area contributed by atoms with Gasteiger partial charge in [-0.05, 0) is 62.4 Å². The second-order valence-electron chi connectivity index (χ2n) is 8.93. The summed E-state index contributed by atoms with van der Waals surface area (Å²) in [6.45, 7) is 5.46. The van der Waals surface area contributed by atoms with E-state index in [1.165, 1.54) is 37.1 Å². The maximum Gasteiger partial charge on any atom is 0.303 e. The monoisotopic (exact) mass is 406 g/mol. The zero-order valence-electron chi connectivity index (χ0n) is 17.8. The van der Waals surface area contributed by atoms with Crippen molar-refractivity contribution in [3.05, 3.63) is 71.8 Å². The van der Waals surface area contributed by atoms with Crippen molar-refractivity contribution >= 4 is 5.97 Å². The highest BCUT2D eigenvalue weighted by Gasteiger charge is 2.35. The first kappa shape index (κ1) is 21.1. The highest BCUT2D eigenvalue weighted by molar-refractivity contribution is 5.66. The van der Waals surface area contributed by atoms with Gasteiger partial charge in [0.2, 0.25) is 0 Å². The molecule has 0 unspecified atom stereocenters. The summed E-state index contributed by atoms with van der Waals surface area (Å²) >= 11 is 0. The average molecular weight is 407 g/mol. The fraction of sp³-hybridized carbons (Fsp3) is 0.500. The van der Waals surface area contributed by atoms with Gasteiger partial charge in [0.15, 0.2) is 0 Å². The molecule has 0 aliphatic carbocycles. The first-order valence-corrected chi connectivity index (χ1v) is 11.5. The number of hydrogen-bond donors (Lipinski definition) is 1. The first-order valence-electron chi connectivity index (χ1n) is 11.5. The van der Waals surface area contributed by atoms with Crippen molar-refractivity contribution < 1.29 is 9.90 Å². The maximum absolute atomic E-state index is 11.3. The van der Waals surface area contributed by atoms with E-state index in [0.717, 1.165) is 32.5 Å². The molecule has 2 atom stereocenters. The predicted molar refractivity (Wildman–Crippen MR) is 121 cm³/mol. The van der Waals surface area contributed by atoms with Gasteiger partial charge in [0, 0.05) is 31.5 Å². The van der Waals surface area contributed by atoms with E-state index in [2.05, 4.69) is 70.5 Å². The van der Waals surface area contributed by atoms with E-state index in [0.29, 0.717) is 17.9 Å². The summed E-state index contributed by atoms with van der Waals surface area (Å²) in [7, 11) is 0. The Kier molecular flexibility index (Phi) is 7.19. The van der Waals surface area contributed by atoms with Gasteiger partial charge in [0.25, 0.3) is 0 Å². The molecule has 0 spiro atoms. The molecule has 0 radical (unpaired) electrons. The third kappa shape index (κ3) is 5.30. The number of nitrogens with zero attached hydrogens (tertiary/aromatic N) is 2. The van der Waals surface area contributed by atoms with Gasteiger partial charge in [-0.3, -0.25) is 4.79 Å². The Hall–Kier alpha value is -2.17. The van der Waals surface area contributed by atoms with Crippen molar-refractivity contribution in [3.63, 3.8) is 0 Å². The molecule has 4 heteroatoms. The first-order chi connectivity index (χ1) is 14.7. The summed E-state index contributed by atoms with van der Waals surface area (Å²) in [6.07, 6.45) is 4.80. The third-order valence-corrected chi connectivity index (χ3v) is 6.96. The Balaban J connectivity index is 1.49. The fourth-order valence-corrected chi connectivity index (χ4v) is 5.44. The molecule has 0 amide bonds. The number of aliphatic carboxylic acids is 1. The van der Waals surface area contributed by atoms with Crippen LogP contribution in [0, 0.1) is 5.92 Å². The summed E-state index contributed by atoms with van der Waals surface area (Å²) in [5.74, 6) is 0.120. The maximum atomic E-state index is 11.3. The van der Waals surface area contributed by atoms with Crippen LogP contribution in [-0.4, -0.2) is 59.6 Å². The van der Waals surface area contributed by atoms with Crippen LogP contribution in [0.25, 0.3) is 0 Å². The van der Waals surface area contributed by atoms with Crippen molar-refractivity contribution in [2.75, 3.05) is 32.7 Å². The van der Waals surface area contributed by atoms with E-state index in [-0.39, 0.29) is 6.42 Å². The minimum Gasteiger partial charge on any atom is -0.481 e. The largest absolute Gasteiger partial charge is 0.481 e. The summed E-state index contributed by atoms with van der Waals surface area (Å²) in [4.78, 5) is 16.5. The fourth-order valence-electron chi connectivity index (χ4n) is 5.44. The zero-order valence-corrected chi connectivity index (χ0v) is 17.8. The Morgan fingerprint density at radius 1 is 0.933 bits per heavy atom. The minimum atomic E-state index is -0.668. The van der Waals surface area contributed by atoms with Gasteiger partial charge >= 0.3 is 5.97 Å². The SMILES string of the molecule is O=C(O)CC[C@H]1CN(CC(c2ccccc2)c2ccccc2)CC[C@H]1N1CCCC1. The Labute approximate surface area is 180 Å². The number of piperidine rings is 1. The molecule has 2 aromatic rings. The molecule has 0 saturated carbocycles. The van der Waals surface area contributed by atoms with E-state index in [4.69, 9.17) is 0 Å². The molecule has 0 bridgehead atoms. The molecule has 2 heterocycles. The van der Waals surface area contributed by atoms with E-state index < -0.39 is 5.97 Å². The molecular formula is C26H34N2O2. The van der Waals surface area contributed by atoms with Crippen molar-refractivity contribution in [1.82, 2.24) is 9.80 Å². The van der Waals surface area contributed by atoms with Crippen LogP contribution in [0.15, 0.2) is 60.7 Å². The van der Waals surface area contributed by atoms with Crippen LogP contribution in [0.5, 0.6) is 0 Å². The van der Waals surface area contributed by atoms with Gasteiger partial charge in [0.1, 0.15) is 0 Å². The quantitative estimate of drug-likeness (QED) is 0.702. The normalized spacial score (nSPS) is 23.1. The molecular weight excluding hydrogens is 372 g/mol. The average Bonchev–Trinajstić information content (AvgIpc) is 3.32. The third-order valence-electron chi connectivity index (χ3n) is 6.96. The van der Waals surface area contributed by atoms with E-state index >= 15 is 0 Å². The van der Waals surface area contributed by atoms with Crippen molar-refractivity contribution in [2.24, 2.45) is 5.92 Å². The number of carbonyl (C=O) groups is 1. The lowest BCUT2D eigenvalue weighted by Crippen LogP contribution is -2.51. The molecule has 2 fully saturated rings. The van der Waals surface area contributed by atoms with Gasteiger partial charge < -0.3 is 14.9 Å². The molecule has 2 aliphatic rings. The van der Waals surface area contributed by atoms with Gasteiger partial charge in [-0.15, -0.1) is 0 Å². The van der Waals surface area contributed by atoms with Gasteiger partial charge in [-0.2, -0.15) is 0 Å². The highest BCUT2D eigenvalue weighted by Crippen LogP contribution is 2.32. The van der Waals surface area contributed by atoms with Crippen molar-refractivity contribution in [1.29, 1.82) is 0 Å². The number of hydrogen-bond acceptors (Lipinski definition) is 3. The smallest absolute Gasteiger partial charge is 0.303 e. The van der Waals surface area contributed by atoms with Crippen LogP contribution in [0.1, 0.15) is 49.1 Å². The number of carboxylic acids is 1. The standard InChI is InChI=1S/C26H34N2O2/c29-26(30)14-13-23-19-27(18-15-25(23)28-16-7-8-17-28)20-24(21-9-3-1-4-10-21)22-11-5-2-6-12-22/h1-6,9-12,23-25H,7-8,13-20H2,(H,29,30)/t23-,25+/m0/s1. The summed E-state index contributed by atoms with van der Waals surface area (Å²) in [5, 5.41) is 9.28. The molecule has 1 N–H and O–H groups in total. The summed E-state index contributed by atoms with van der Waals surface area (Å²) < 4.78 is 0. The zero-order chi connectivity index (χ0) is 20.8. The molecule has 4 nitrogen and oxygen atoms in total. The molecule has 160 valence electrons. The number of likely N-dealkylation sites (tertiary alicyclic amines) is 2. The lowest BCUT2D eigenvalue weighted by atomic mass is 9.85.